The van der Waals surface area contributed by atoms with Crippen LogP contribution in [0.15, 0.2) is 24.3 Å². The van der Waals surface area contributed by atoms with Gasteiger partial charge in [0, 0.05) is 19.6 Å². The number of hydrogen-bond acceptors (Lipinski definition) is 3. The summed E-state index contributed by atoms with van der Waals surface area (Å²) in [5.41, 5.74) is 1.16. The average Bonchev–Trinajstić information content (AvgIpc) is 2.65. The molecule has 1 saturated carbocycles. The number of amides is 1. The predicted octanol–water partition coefficient (Wildman–Crippen LogP) is 3.56. The summed E-state index contributed by atoms with van der Waals surface area (Å²) in [6.07, 6.45) is 6.51. The number of nitrogens with one attached hydrogen (secondary N) is 1. The van der Waals surface area contributed by atoms with Crippen LogP contribution >= 0.6 is 0 Å². The van der Waals surface area contributed by atoms with Crippen molar-refractivity contribution >= 4 is 5.91 Å². The van der Waals surface area contributed by atoms with Gasteiger partial charge in [0.15, 0.2) is 0 Å². The van der Waals surface area contributed by atoms with Crippen LogP contribution in [0.3, 0.4) is 0 Å². The second-order valence-corrected chi connectivity index (χ2v) is 8.65. The maximum atomic E-state index is 12.5. The highest BCUT2D eigenvalue weighted by Crippen LogP contribution is 2.49. The van der Waals surface area contributed by atoms with Crippen LogP contribution in [-0.4, -0.2) is 30.8 Å². The van der Waals surface area contributed by atoms with Crippen molar-refractivity contribution in [2.75, 3.05) is 13.7 Å². The minimum absolute atomic E-state index is 0.0858. The zero-order valence-corrected chi connectivity index (χ0v) is 16.4. The van der Waals surface area contributed by atoms with Crippen molar-refractivity contribution in [3.05, 3.63) is 35.4 Å². The summed E-state index contributed by atoms with van der Waals surface area (Å²) in [4.78, 5) is 12.5. The van der Waals surface area contributed by atoms with Crippen LogP contribution in [0.1, 0.15) is 63.5 Å². The SMILES string of the molecule is COC1CCC(C(=O)NCCC2(O)c3ccccc3CCC2(C)C)CC1. The topological polar surface area (TPSA) is 58.6 Å². The molecule has 4 nitrogen and oxygen atoms in total. The first kappa shape index (κ1) is 19.4. The van der Waals surface area contributed by atoms with E-state index in [4.69, 9.17) is 4.74 Å². The van der Waals surface area contributed by atoms with Gasteiger partial charge in [-0.2, -0.15) is 0 Å². The fourth-order valence-corrected chi connectivity index (χ4v) is 4.71. The number of methoxy groups -OCH3 is 1. The van der Waals surface area contributed by atoms with Crippen LogP contribution < -0.4 is 5.32 Å². The van der Waals surface area contributed by atoms with E-state index in [9.17, 15) is 9.90 Å². The molecule has 1 aromatic carbocycles. The molecule has 0 spiro atoms. The van der Waals surface area contributed by atoms with Crippen molar-refractivity contribution in [3.63, 3.8) is 0 Å². The molecule has 3 rings (SSSR count). The van der Waals surface area contributed by atoms with Crippen molar-refractivity contribution in [1.82, 2.24) is 5.32 Å². The maximum Gasteiger partial charge on any atom is 0.223 e. The van der Waals surface area contributed by atoms with Gasteiger partial charge in [0.05, 0.1) is 11.7 Å². The van der Waals surface area contributed by atoms with Crippen molar-refractivity contribution in [2.45, 2.75) is 70.5 Å². The van der Waals surface area contributed by atoms with Gasteiger partial charge in [-0.15, -0.1) is 0 Å². The minimum atomic E-state index is -0.900. The van der Waals surface area contributed by atoms with Gasteiger partial charge in [0.2, 0.25) is 5.91 Å². The number of hydrogen-bond donors (Lipinski definition) is 2. The van der Waals surface area contributed by atoms with E-state index in [0.29, 0.717) is 19.1 Å². The Hall–Kier alpha value is -1.39. The van der Waals surface area contributed by atoms with Gasteiger partial charge in [-0.25, -0.2) is 0 Å². The highest BCUT2D eigenvalue weighted by atomic mass is 16.5. The normalized spacial score (nSPS) is 30.5. The number of aliphatic hydroxyl groups is 1. The zero-order chi connectivity index (χ0) is 18.8. The monoisotopic (exact) mass is 359 g/mol. The van der Waals surface area contributed by atoms with E-state index in [-0.39, 0.29) is 17.2 Å². The molecule has 26 heavy (non-hydrogen) atoms. The van der Waals surface area contributed by atoms with E-state index in [1.165, 1.54) is 5.56 Å². The lowest BCUT2D eigenvalue weighted by atomic mass is 9.61. The van der Waals surface area contributed by atoms with Crippen molar-refractivity contribution in [1.29, 1.82) is 0 Å². The fraction of sp³-hybridized carbons (Fsp3) is 0.682. The van der Waals surface area contributed by atoms with Crippen LogP contribution in [0.2, 0.25) is 0 Å². The Morgan fingerprint density at radius 3 is 2.62 bits per heavy atom. The summed E-state index contributed by atoms with van der Waals surface area (Å²) in [6, 6.07) is 8.19. The van der Waals surface area contributed by atoms with Crippen LogP contribution in [0, 0.1) is 11.3 Å². The Labute approximate surface area is 157 Å². The molecule has 0 heterocycles. The van der Waals surface area contributed by atoms with E-state index >= 15 is 0 Å². The molecule has 1 fully saturated rings. The molecule has 0 bridgehead atoms. The first-order chi connectivity index (χ1) is 12.4. The first-order valence-electron chi connectivity index (χ1n) is 9.98. The van der Waals surface area contributed by atoms with Gasteiger partial charge >= 0.3 is 0 Å². The molecular weight excluding hydrogens is 326 g/mol. The van der Waals surface area contributed by atoms with Crippen molar-refractivity contribution in [3.8, 4) is 0 Å². The van der Waals surface area contributed by atoms with Crippen LogP contribution in [0.5, 0.6) is 0 Å². The summed E-state index contributed by atoms with van der Waals surface area (Å²) in [7, 11) is 1.75. The lowest BCUT2D eigenvalue weighted by molar-refractivity contribution is -0.128. The van der Waals surface area contributed by atoms with Crippen molar-refractivity contribution < 1.29 is 14.6 Å². The van der Waals surface area contributed by atoms with Gasteiger partial charge < -0.3 is 15.2 Å². The van der Waals surface area contributed by atoms with Crippen LogP contribution in [-0.2, 0) is 21.6 Å². The molecule has 1 unspecified atom stereocenters. The van der Waals surface area contributed by atoms with Crippen LogP contribution in [0.4, 0.5) is 0 Å². The first-order valence-corrected chi connectivity index (χ1v) is 9.98. The maximum absolute atomic E-state index is 12.5. The molecule has 4 heteroatoms. The second-order valence-electron chi connectivity index (χ2n) is 8.65. The molecule has 0 aliphatic heterocycles. The quantitative estimate of drug-likeness (QED) is 0.845. The zero-order valence-electron chi connectivity index (χ0n) is 16.4. The lowest BCUT2D eigenvalue weighted by Crippen LogP contribution is -2.48. The van der Waals surface area contributed by atoms with Gasteiger partial charge in [-0.3, -0.25) is 4.79 Å². The number of carbonyl (C=O) groups is 1. The molecule has 1 amide bonds. The third-order valence-corrected chi connectivity index (χ3v) is 6.77. The molecule has 1 aromatic rings. The number of aryl methyl sites for hydroxylation is 1. The summed E-state index contributed by atoms with van der Waals surface area (Å²) in [5, 5.41) is 14.7. The number of benzene rings is 1. The molecular formula is C22H33NO3. The summed E-state index contributed by atoms with van der Waals surface area (Å²) >= 11 is 0. The summed E-state index contributed by atoms with van der Waals surface area (Å²) in [6.45, 7) is 4.78. The Kier molecular flexibility index (Phi) is 5.73. The van der Waals surface area contributed by atoms with Gasteiger partial charge in [-0.1, -0.05) is 38.1 Å². The lowest BCUT2D eigenvalue weighted by Gasteiger charge is -2.48. The molecule has 0 radical (unpaired) electrons. The molecule has 2 N–H and O–H groups in total. The van der Waals surface area contributed by atoms with E-state index < -0.39 is 5.60 Å². The number of rotatable bonds is 5. The summed E-state index contributed by atoms with van der Waals surface area (Å²) < 4.78 is 5.38. The standard InChI is InChI=1S/C22H33NO3/c1-21(2)13-12-16-6-4-5-7-19(16)22(21,25)14-15-23-20(24)17-8-10-18(26-3)11-9-17/h4-7,17-18,25H,8-15H2,1-3H3,(H,23,24). The van der Waals surface area contributed by atoms with E-state index in [1.807, 2.05) is 18.2 Å². The smallest absolute Gasteiger partial charge is 0.223 e. The highest BCUT2D eigenvalue weighted by molar-refractivity contribution is 5.78. The Morgan fingerprint density at radius 2 is 1.92 bits per heavy atom. The van der Waals surface area contributed by atoms with Gasteiger partial charge in [-0.05, 0) is 61.5 Å². The molecule has 0 aromatic heterocycles. The van der Waals surface area contributed by atoms with E-state index in [0.717, 1.165) is 44.1 Å². The van der Waals surface area contributed by atoms with Gasteiger partial charge in [0.25, 0.3) is 0 Å². The largest absolute Gasteiger partial charge is 0.385 e. The second kappa shape index (κ2) is 7.69. The molecule has 2 aliphatic rings. The average molecular weight is 360 g/mol. The predicted molar refractivity (Wildman–Crippen MR) is 103 cm³/mol. The Morgan fingerprint density at radius 1 is 1.23 bits per heavy atom. The fourth-order valence-electron chi connectivity index (χ4n) is 4.71. The number of ether oxygens (including phenoxy) is 1. The third kappa shape index (κ3) is 3.67. The van der Waals surface area contributed by atoms with Crippen molar-refractivity contribution in [2.24, 2.45) is 11.3 Å². The Balaban J connectivity index is 1.61. The molecule has 1 atom stereocenters. The molecule has 2 aliphatic carbocycles. The number of carbonyl (C=O) groups excluding carboxylic acids is 1. The molecule has 0 saturated heterocycles. The third-order valence-electron chi connectivity index (χ3n) is 6.77. The van der Waals surface area contributed by atoms with E-state index in [2.05, 4.69) is 25.2 Å². The van der Waals surface area contributed by atoms with Gasteiger partial charge in [0.1, 0.15) is 0 Å². The Bertz CT molecular complexity index is 634. The summed E-state index contributed by atoms with van der Waals surface area (Å²) in [5.74, 6) is 0.216. The number of fused-ring (bicyclic) bond motifs is 1. The van der Waals surface area contributed by atoms with Crippen LogP contribution in [0.25, 0.3) is 0 Å². The molecule has 144 valence electrons. The highest BCUT2D eigenvalue weighted by Gasteiger charge is 2.47. The van der Waals surface area contributed by atoms with E-state index in [1.54, 1.807) is 7.11 Å². The minimum Gasteiger partial charge on any atom is -0.385 e.